The third-order valence-electron chi connectivity index (χ3n) is 8.38. The van der Waals surface area contributed by atoms with Gasteiger partial charge >= 0.3 is 0 Å². The van der Waals surface area contributed by atoms with Crippen LogP contribution in [0.2, 0.25) is 0 Å². The molecule has 13 nitrogen and oxygen atoms in total. The van der Waals surface area contributed by atoms with Crippen molar-refractivity contribution < 1.29 is 29.4 Å². The molecule has 0 bridgehead atoms. The van der Waals surface area contributed by atoms with Gasteiger partial charge in [-0.1, -0.05) is 53.4 Å². The Hall–Kier alpha value is -1.85. The average molecular weight is 695 g/mol. The number of sulfonamides is 2. The summed E-state index contributed by atoms with van der Waals surface area (Å²) in [5.74, 6) is 1.70. The van der Waals surface area contributed by atoms with Gasteiger partial charge in [0.1, 0.15) is 0 Å². The average Bonchev–Trinajstić information content (AvgIpc) is 3.69. The van der Waals surface area contributed by atoms with Gasteiger partial charge < -0.3 is 0 Å². The van der Waals surface area contributed by atoms with Gasteiger partial charge in [0.05, 0.1) is 19.1 Å². The number of unbranched alkanes of at least 4 members (excludes halogenated alkanes) is 2. The molecule has 16 heteroatoms. The zero-order valence-corrected chi connectivity index (χ0v) is 29.9. The summed E-state index contributed by atoms with van der Waals surface area (Å²) < 4.78 is 70.8. The molecule has 0 amide bonds. The molecule has 2 aromatic rings. The normalized spacial score (nSPS) is 21.0. The van der Waals surface area contributed by atoms with Gasteiger partial charge in [0.2, 0.25) is 0 Å². The van der Waals surface area contributed by atoms with E-state index in [-0.39, 0.29) is 10.1 Å². The zero-order valence-electron chi connectivity index (χ0n) is 27.4. The highest BCUT2D eigenvalue weighted by atomic mass is 32.2. The van der Waals surface area contributed by atoms with E-state index in [1.54, 1.807) is 10.9 Å². The maximum atomic E-state index is 11.1. The largest absolute Gasteiger partial charge is 0.271 e. The summed E-state index contributed by atoms with van der Waals surface area (Å²) in [5, 5.41) is 19.2. The molecule has 2 aliphatic rings. The van der Waals surface area contributed by atoms with Gasteiger partial charge in [-0.25, -0.2) is 27.1 Å². The fourth-order valence-corrected chi connectivity index (χ4v) is 7.45. The van der Waals surface area contributed by atoms with Crippen LogP contribution < -0.4 is 10.3 Å². The smallest absolute Gasteiger partial charge is 0.264 e. The van der Waals surface area contributed by atoms with E-state index in [0.717, 1.165) is 43.9 Å². The minimum atomic E-state index is -3.67. The third-order valence-corrected chi connectivity index (χ3v) is 10.6. The second-order valence-electron chi connectivity index (χ2n) is 14.0. The summed E-state index contributed by atoms with van der Waals surface area (Å²) in [6, 6.07) is 2.74. The van der Waals surface area contributed by atoms with Crippen molar-refractivity contribution in [3.63, 3.8) is 0 Å². The molecule has 0 spiro atoms. The minimum Gasteiger partial charge on any atom is -0.271 e. The molecule has 4 rings (SSSR count). The first kappa shape index (κ1) is 39.3. The molecule has 2 saturated carbocycles. The van der Waals surface area contributed by atoms with Crippen LogP contribution in [0.4, 0.5) is 0 Å². The lowest BCUT2D eigenvalue weighted by molar-refractivity contribution is 0.300. The number of primary sulfonamides is 2. The second kappa shape index (κ2) is 16.8. The van der Waals surface area contributed by atoms with Crippen molar-refractivity contribution in [1.82, 2.24) is 20.0 Å². The lowest BCUT2D eigenvalue weighted by Crippen LogP contribution is -2.13. The van der Waals surface area contributed by atoms with Gasteiger partial charge in [0.25, 0.3) is 30.2 Å². The standard InChI is InChI=1S/C14H25N3O2S.C12H24O3S.C3H5N3O2S/c1-14(2)8-6-12(11-14)5-3-4-9-17-10-7-13(16-17)20(15,18)19;1-12(2)8-7-11(10-12)6-4-5-9-15-16(3,13)14;4-9(7,8)3-1-2-5-6-3/h7,10,12H,3-6,8-9,11H2,1-2H3,(H2,15,18,19);11H,4-10H2,1-3H3;1-2H,(H,5,6)(H2,4,7,8). The monoisotopic (exact) mass is 694 g/mol. The van der Waals surface area contributed by atoms with Crippen molar-refractivity contribution in [3.05, 3.63) is 24.5 Å². The number of nitrogens with two attached hydrogens (primary N) is 2. The molecule has 2 fully saturated rings. The maximum absolute atomic E-state index is 11.1. The summed E-state index contributed by atoms with van der Waals surface area (Å²) in [6.07, 6.45) is 18.7. The number of nitrogens with one attached hydrogen (secondary N) is 1. The molecule has 0 aliphatic heterocycles. The van der Waals surface area contributed by atoms with E-state index in [4.69, 9.17) is 14.5 Å². The minimum absolute atomic E-state index is 0.0463. The predicted molar refractivity (Wildman–Crippen MR) is 174 cm³/mol. The van der Waals surface area contributed by atoms with Crippen LogP contribution in [0.25, 0.3) is 0 Å². The maximum Gasteiger partial charge on any atom is 0.264 e. The Morgan fingerprint density at radius 2 is 1.42 bits per heavy atom. The van der Waals surface area contributed by atoms with Crippen LogP contribution in [0.15, 0.2) is 34.6 Å². The van der Waals surface area contributed by atoms with E-state index in [1.165, 1.54) is 76.1 Å². The summed E-state index contributed by atoms with van der Waals surface area (Å²) >= 11 is 0. The Morgan fingerprint density at radius 1 is 0.867 bits per heavy atom. The molecule has 5 N–H and O–H groups in total. The van der Waals surface area contributed by atoms with Crippen molar-refractivity contribution in [2.45, 2.75) is 121 Å². The molecule has 2 unspecified atom stereocenters. The lowest BCUT2D eigenvalue weighted by atomic mass is 9.89. The molecule has 2 heterocycles. The van der Waals surface area contributed by atoms with Gasteiger partial charge in [-0.15, -0.1) is 0 Å². The second-order valence-corrected chi connectivity index (χ2v) is 18.7. The van der Waals surface area contributed by atoms with E-state index in [1.807, 2.05) is 0 Å². The van der Waals surface area contributed by atoms with Crippen molar-refractivity contribution in [2.75, 3.05) is 12.9 Å². The van der Waals surface area contributed by atoms with Crippen LogP contribution in [-0.2, 0) is 40.9 Å². The molecule has 260 valence electrons. The van der Waals surface area contributed by atoms with E-state index in [0.29, 0.717) is 17.4 Å². The highest BCUT2D eigenvalue weighted by molar-refractivity contribution is 7.89. The first-order valence-corrected chi connectivity index (χ1v) is 20.5. The Morgan fingerprint density at radius 3 is 1.80 bits per heavy atom. The van der Waals surface area contributed by atoms with Crippen LogP contribution >= 0.6 is 0 Å². The van der Waals surface area contributed by atoms with Gasteiger partial charge in [-0.2, -0.15) is 18.6 Å². The van der Waals surface area contributed by atoms with Gasteiger partial charge in [-0.3, -0.25) is 14.0 Å². The van der Waals surface area contributed by atoms with Crippen LogP contribution in [0.1, 0.15) is 105 Å². The number of hydrogen-bond donors (Lipinski definition) is 3. The Labute approximate surface area is 270 Å². The highest BCUT2D eigenvalue weighted by Crippen LogP contribution is 2.43. The Kier molecular flexibility index (Phi) is 14.7. The van der Waals surface area contributed by atoms with Crippen molar-refractivity contribution >= 4 is 30.2 Å². The molecule has 45 heavy (non-hydrogen) atoms. The van der Waals surface area contributed by atoms with Crippen molar-refractivity contribution in [3.8, 4) is 0 Å². The molecule has 0 radical (unpaired) electrons. The SMILES string of the molecule is CC1(C)CCC(CCCCOS(C)(=O)=O)C1.CC1(C)CCC(CCCCn2ccc(S(N)(=O)=O)n2)C1.NS(=O)(=O)c1ccn[nH]1. The van der Waals surface area contributed by atoms with Crippen LogP contribution in [0, 0.1) is 22.7 Å². The topological polar surface area (TPSA) is 210 Å². The van der Waals surface area contributed by atoms with E-state index in [9.17, 15) is 25.3 Å². The van der Waals surface area contributed by atoms with Crippen LogP contribution in [0.5, 0.6) is 0 Å². The Bertz CT molecular complexity index is 1490. The van der Waals surface area contributed by atoms with Gasteiger partial charge in [0.15, 0.2) is 10.1 Å². The summed E-state index contributed by atoms with van der Waals surface area (Å²) in [7, 11) is -10.5. The first-order chi connectivity index (χ1) is 20.7. The molecule has 0 saturated heterocycles. The number of aromatic nitrogens is 4. The third kappa shape index (κ3) is 16.5. The van der Waals surface area contributed by atoms with E-state index < -0.39 is 30.2 Å². The quantitative estimate of drug-likeness (QED) is 0.198. The molecule has 0 aromatic carbocycles. The summed E-state index contributed by atoms with van der Waals surface area (Å²) in [5.41, 5.74) is 1.05. The number of hydrogen-bond acceptors (Lipinski definition) is 9. The van der Waals surface area contributed by atoms with Gasteiger partial charge in [0, 0.05) is 12.7 Å². The molecule has 2 atom stereocenters. The molecular formula is C29H54N6O7S3. The number of aromatic amines is 1. The van der Waals surface area contributed by atoms with Gasteiger partial charge in [-0.05, 0) is 86.2 Å². The number of rotatable bonds is 13. The number of aryl methyl sites for hydroxylation is 1. The molecular weight excluding hydrogens is 641 g/mol. The molecule has 2 aromatic heterocycles. The summed E-state index contributed by atoms with van der Waals surface area (Å²) in [4.78, 5) is 0. The predicted octanol–water partition coefficient (Wildman–Crippen LogP) is 4.54. The highest BCUT2D eigenvalue weighted by Gasteiger charge is 2.31. The van der Waals surface area contributed by atoms with Crippen LogP contribution in [-0.4, -0.2) is 58.1 Å². The fraction of sp³-hybridized carbons (Fsp3) is 0.793. The Balaban J connectivity index is 0.000000252. The van der Waals surface area contributed by atoms with E-state index >= 15 is 0 Å². The zero-order chi connectivity index (χ0) is 33.9. The number of H-pyrrole nitrogens is 1. The van der Waals surface area contributed by atoms with E-state index in [2.05, 4.69) is 43.0 Å². The van der Waals surface area contributed by atoms with Crippen molar-refractivity contribution in [2.24, 2.45) is 32.9 Å². The van der Waals surface area contributed by atoms with Crippen molar-refractivity contribution in [1.29, 1.82) is 0 Å². The molecule has 2 aliphatic carbocycles. The van der Waals surface area contributed by atoms with Crippen LogP contribution in [0.3, 0.4) is 0 Å². The summed E-state index contributed by atoms with van der Waals surface area (Å²) in [6.45, 7) is 10.5. The fourth-order valence-electron chi connectivity index (χ4n) is 6.13. The number of nitrogens with zero attached hydrogens (tertiary/aromatic N) is 3. The lowest BCUT2D eigenvalue weighted by Gasteiger charge is -2.17. The first-order valence-electron chi connectivity index (χ1n) is 15.6.